The SMILES string of the molecule is CC(Sc1ccc([N+](=O)[O-])cc1)C(=O)N1CCC(N(C)C)CC1. The lowest BCUT2D eigenvalue weighted by atomic mass is 10.0. The van der Waals surface area contributed by atoms with Crippen LogP contribution in [0.3, 0.4) is 0 Å². The van der Waals surface area contributed by atoms with Crippen LogP contribution in [0.15, 0.2) is 29.2 Å². The summed E-state index contributed by atoms with van der Waals surface area (Å²) < 4.78 is 0. The fraction of sp³-hybridized carbons (Fsp3) is 0.562. The molecule has 2 rings (SSSR count). The van der Waals surface area contributed by atoms with Gasteiger partial charge in [-0.15, -0.1) is 11.8 Å². The highest BCUT2D eigenvalue weighted by Gasteiger charge is 2.27. The molecular weight excluding hydrogens is 314 g/mol. The zero-order chi connectivity index (χ0) is 17.0. The zero-order valence-corrected chi connectivity index (χ0v) is 14.6. The molecule has 0 aromatic heterocycles. The molecule has 1 unspecified atom stereocenters. The number of likely N-dealkylation sites (tertiary alicyclic amines) is 1. The van der Waals surface area contributed by atoms with Gasteiger partial charge in [-0.3, -0.25) is 14.9 Å². The molecule has 0 spiro atoms. The van der Waals surface area contributed by atoms with Crippen molar-refractivity contribution < 1.29 is 9.72 Å². The van der Waals surface area contributed by atoms with Gasteiger partial charge in [-0.05, 0) is 46.0 Å². The first kappa shape index (κ1) is 17.7. The zero-order valence-electron chi connectivity index (χ0n) is 13.8. The molecule has 1 aliphatic heterocycles. The Kier molecular flexibility index (Phi) is 6.01. The smallest absolute Gasteiger partial charge is 0.269 e. The maximum atomic E-state index is 12.5. The standard InChI is InChI=1S/C16H23N3O3S/c1-12(23-15-6-4-14(5-7-15)19(21)22)16(20)18-10-8-13(9-11-18)17(2)3/h4-7,12-13H,8-11H2,1-3H3. The van der Waals surface area contributed by atoms with Crippen LogP contribution in [0, 0.1) is 10.1 Å². The van der Waals surface area contributed by atoms with Crippen LogP contribution < -0.4 is 0 Å². The molecule has 0 N–H and O–H groups in total. The number of carbonyl (C=O) groups is 1. The van der Waals surface area contributed by atoms with Gasteiger partial charge in [-0.25, -0.2) is 0 Å². The van der Waals surface area contributed by atoms with Crippen molar-refractivity contribution in [3.63, 3.8) is 0 Å². The lowest BCUT2D eigenvalue weighted by Crippen LogP contribution is -2.46. The van der Waals surface area contributed by atoms with Gasteiger partial charge in [0.25, 0.3) is 5.69 Å². The number of non-ortho nitro benzene ring substituents is 1. The van der Waals surface area contributed by atoms with Crippen molar-refractivity contribution in [2.24, 2.45) is 0 Å². The average Bonchev–Trinajstić information content (AvgIpc) is 2.54. The molecule has 7 heteroatoms. The molecule has 6 nitrogen and oxygen atoms in total. The fourth-order valence-electron chi connectivity index (χ4n) is 2.76. The van der Waals surface area contributed by atoms with Crippen molar-refractivity contribution in [3.05, 3.63) is 34.4 Å². The van der Waals surface area contributed by atoms with E-state index in [4.69, 9.17) is 0 Å². The van der Waals surface area contributed by atoms with Crippen LogP contribution in [0.4, 0.5) is 5.69 Å². The number of hydrogen-bond donors (Lipinski definition) is 0. The van der Waals surface area contributed by atoms with Gasteiger partial charge in [0.15, 0.2) is 0 Å². The maximum Gasteiger partial charge on any atom is 0.269 e. The van der Waals surface area contributed by atoms with E-state index in [0.29, 0.717) is 6.04 Å². The molecule has 126 valence electrons. The van der Waals surface area contributed by atoms with Gasteiger partial charge in [0, 0.05) is 36.2 Å². The first-order chi connectivity index (χ1) is 10.9. The van der Waals surface area contributed by atoms with Gasteiger partial charge in [-0.1, -0.05) is 0 Å². The molecule has 1 amide bonds. The average molecular weight is 337 g/mol. The largest absolute Gasteiger partial charge is 0.342 e. The molecule has 0 aliphatic carbocycles. The first-order valence-corrected chi connectivity index (χ1v) is 8.62. The summed E-state index contributed by atoms with van der Waals surface area (Å²) >= 11 is 1.45. The number of carbonyl (C=O) groups excluding carboxylic acids is 1. The van der Waals surface area contributed by atoms with E-state index in [2.05, 4.69) is 19.0 Å². The first-order valence-electron chi connectivity index (χ1n) is 7.75. The van der Waals surface area contributed by atoms with Crippen molar-refractivity contribution in [2.45, 2.75) is 36.0 Å². The van der Waals surface area contributed by atoms with Crippen LogP contribution in [0.1, 0.15) is 19.8 Å². The molecule has 0 radical (unpaired) electrons. The minimum absolute atomic E-state index is 0.0686. The monoisotopic (exact) mass is 337 g/mol. The van der Waals surface area contributed by atoms with Crippen LogP contribution in [-0.2, 0) is 4.79 Å². The summed E-state index contributed by atoms with van der Waals surface area (Å²) in [5, 5.41) is 10.5. The Balaban J connectivity index is 1.89. The van der Waals surface area contributed by atoms with E-state index in [0.717, 1.165) is 30.8 Å². The molecule has 1 atom stereocenters. The molecule has 23 heavy (non-hydrogen) atoms. The number of amides is 1. The Hall–Kier alpha value is -1.60. The third-order valence-electron chi connectivity index (χ3n) is 4.21. The van der Waals surface area contributed by atoms with Crippen molar-refractivity contribution in [1.29, 1.82) is 0 Å². The molecule has 1 aromatic carbocycles. The fourth-order valence-corrected chi connectivity index (χ4v) is 3.71. The van der Waals surface area contributed by atoms with Crippen molar-refractivity contribution in [2.75, 3.05) is 27.2 Å². The number of nitro groups is 1. The van der Waals surface area contributed by atoms with Gasteiger partial charge in [0.05, 0.1) is 10.2 Å². The van der Waals surface area contributed by atoms with E-state index in [1.165, 1.54) is 23.9 Å². The number of benzene rings is 1. The summed E-state index contributed by atoms with van der Waals surface area (Å²) in [6.07, 6.45) is 2.02. The highest BCUT2D eigenvalue weighted by atomic mass is 32.2. The van der Waals surface area contributed by atoms with E-state index in [-0.39, 0.29) is 16.8 Å². The van der Waals surface area contributed by atoms with Crippen LogP contribution >= 0.6 is 11.8 Å². The second-order valence-corrected chi connectivity index (χ2v) is 7.45. The van der Waals surface area contributed by atoms with Crippen molar-refractivity contribution in [3.8, 4) is 0 Å². The molecule has 1 fully saturated rings. The Bertz CT molecular complexity index is 554. The van der Waals surface area contributed by atoms with Crippen molar-refractivity contribution >= 4 is 23.4 Å². The summed E-state index contributed by atoms with van der Waals surface area (Å²) in [5.41, 5.74) is 0.0686. The van der Waals surface area contributed by atoms with Crippen LogP contribution in [0.2, 0.25) is 0 Å². The summed E-state index contributed by atoms with van der Waals surface area (Å²) in [5.74, 6) is 0.144. The second kappa shape index (κ2) is 7.79. The summed E-state index contributed by atoms with van der Waals surface area (Å²) in [4.78, 5) is 27.8. The summed E-state index contributed by atoms with van der Waals surface area (Å²) in [6.45, 7) is 3.49. The number of nitro benzene ring substituents is 1. The van der Waals surface area contributed by atoms with Gasteiger partial charge < -0.3 is 9.80 Å². The van der Waals surface area contributed by atoms with Gasteiger partial charge in [-0.2, -0.15) is 0 Å². The number of piperidine rings is 1. The highest BCUT2D eigenvalue weighted by molar-refractivity contribution is 8.00. The van der Waals surface area contributed by atoms with Crippen LogP contribution in [-0.4, -0.2) is 59.1 Å². The third kappa shape index (κ3) is 4.68. The predicted molar refractivity (Wildman–Crippen MR) is 91.7 cm³/mol. The van der Waals surface area contributed by atoms with E-state index in [1.54, 1.807) is 12.1 Å². The third-order valence-corrected chi connectivity index (χ3v) is 5.31. The van der Waals surface area contributed by atoms with Crippen LogP contribution in [0.25, 0.3) is 0 Å². The van der Waals surface area contributed by atoms with E-state index >= 15 is 0 Å². The number of rotatable bonds is 5. The molecule has 1 saturated heterocycles. The summed E-state index contributed by atoms with van der Waals surface area (Å²) in [7, 11) is 4.16. The molecule has 1 aromatic rings. The van der Waals surface area contributed by atoms with E-state index < -0.39 is 4.92 Å². The molecule has 0 bridgehead atoms. The maximum absolute atomic E-state index is 12.5. The Morgan fingerprint density at radius 2 is 1.87 bits per heavy atom. The predicted octanol–water partition coefficient (Wildman–Crippen LogP) is 2.63. The minimum atomic E-state index is -0.419. The number of nitrogens with zero attached hydrogens (tertiary/aromatic N) is 3. The van der Waals surface area contributed by atoms with E-state index in [1.807, 2.05) is 11.8 Å². The van der Waals surface area contributed by atoms with Gasteiger partial charge in [0.1, 0.15) is 0 Å². The van der Waals surface area contributed by atoms with Crippen LogP contribution in [0.5, 0.6) is 0 Å². The number of hydrogen-bond acceptors (Lipinski definition) is 5. The normalized spacial score (nSPS) is 17.3. The topological polar surface area (TPSA) is 66.7 Å². The molecular formula is C16H23N3O3S. The molecule has 0 saturated carbocycles. The lowest BCUT2D eigenvalue weighted by Gasteiger charge is -2.36. The van der Waals surface area contributed by atoms with E-state index in [9.17, 15) is 14.9 Å². The van der Waals surface area contributed by atoms with Gasteiger partial charge in [0.2, 0.25) is 5.91 Å². The van der Waals surface area contributed by atoms with Crippen molar-refractivity contribution in [1.82, 2.24) is 9.80 Å². The molecule has 1 heterocycles. The minimum Gasteiger partial charge on any atom is -0.342 e. The Morgan fingerprint density at radius 1 is 1.30 bits per heavy atom. The molecule has 1 aliphatic rings. The Morgan fingerprint density at radius 3 is 2.35 bits per heavy atom. The summed E-state index contributed by atoms with van der Waals surface area (Å²) in [6, 6.07) is 6.90. The quantitative estimate of drug-likeness (QED) is 0.469. The van der Waals surface area contributed by atoms with Gasteiger partial charge >= 0.3 is 0 Å². The Labute approximate surface area is 141 Å². The second-order valence-electron chi connectivity index (χ2n) is 6.03. The lowest BCUT2D eigenvalue weighted by molar-refractivity contribution is -0.384. The highest BCUT2D eigenvalue weighted by Crippen LogP contribution is 2.27. The number of thioether (sulfide) groups is 1.